The van der Waals surface area contributed by atoms with Gasteiger partial charge in [0.25, 0.3) is 5.92 Å². The maximum Gasteiger partial charge on any atom is 0.394 e. The van der Waals surface area contributed by atoms with Crippen LogP contribution in [0.3, 0.4) is 0 Å². The summed E-state index contributed by atoms with van der Waals surface area (Å²) in [6, 6.07) is 5.15. The Morgan fingerprint density at radius 1 is 1.06 bits per heavy atom. The molecule has 1 nitrogen and oxygen atoms in total. The van der Waals surface area contributed by atoms with Crippen molar-refractivity contribution >= 4 is 5.57 Å². The zero-order valence-electron chi connectivity index (χ0n) is 9.27. The largest absolute Gasteiger partial charge is 0.508 e. The van der Waals surface area contributed by atoms with Crippen LogP contribution in [0.4, 0.5) is 22.0 Å². The molecule has 0 saturated heterocycles. The zero-order chi connectivity index (χ0) is 14.0. The third kappa shape index (κ3) is 4.73. The normalized spacial score (nSPS) is 12.5. The summed E-state index contributed by atoms with van der Waals surface area (Å²) >= 11 is 0. The highest BCUT2D eigenvalue weighted by Crippen LogP contribution is 2.37. The van der Waals surface area contributed by atoms with Crippen molar-refractivity contribution in [1.82, 2.24) is 0 Å². The van der Waals surface area contributed by atoms with E-state index in [2.05, 4.69) is 6.58 Å². The number of hydrogen-bond donors (Lipinski definition) is 1. The molecule has 0 aliphatic rings. The van der Waals surface area contributed by atoms with E-state index in [1.54, 1.807) is 0 Å². The summed E-state index contributed by atoms with van der Waals surface area (Å²) in [5.41, 5.74) is 0.166. The lowest BCUT2D eigenvalue weighted by Crippen LogP contribution is -2.25. The van der Waals surface area contributed by atoms with Crippen LogP contribution in [0, 0.1) is 0 Å². The van der Waals surface area contributed by atoms with E-state index in [0.29, 0.717) is 0 Å². The van der Waals surface area contributed by atoms with E-state index in [1.165, 1.54) is 24.3 Å². The summed E-state index contributed by atoms with van der Waals surface area (Å²) in [4.78, 5) is 0. The fourth-order valence-corrected chi connectivity index (χ4v) is 1.47. The van der Waals surface area contributed by atoms with Gasteiger partial charge in [-0.25, -0.2) is 8.78 Å². The van der Waals surface area contributed by atoms with E-state index >= 15 is 0 Å². The van der Waals surface area contributed by atoms with Crippen molar-refractivity contribution < 1.29 is 27.1 Å². The number of aromatic hydroxyl groups is 1. The Bertz CT molecular complexity index is 419. The molecule has 0 fully saturated rings. The van der Waals surface area contributed by atoms with Crippen molar-refractivity contribution in [2.45, 2.75) is 24.9 Å². The lowest BCUT2D eigenvalue weighted by Gasteiger charge is -2.19. The average molecular weight is 266 g/mol. The molecule has 0 amide bonds. The van der Waals surface area contributed by atoms with Gasteiger partial charge >= 0.3 is 6.18 Å². The van der Waals surface area contributed by atoms with Crippen LogP contribution in [-0.2, 0) is 0 Å². The highest BCUT2D eigenvalue weighted by Gasteiger charge is 2.43. The van der Waals surface area contributed by atoms with Crippen molar-refractivity contribution in [2.75, 3.05) is 0 Å². The van der Waals surface area contributed by atoms with Gasteiger partial charge in [-0.1, -0.05) is 18.7 Å². The van der Waals surface area contributed by atoms with Gasteiger partial charge in [0.1, 0.15) is 12.2 Å². The number of phenols is 1. The molecular formula is C12H11F5O. The van der Waals surface area contributed by atoms with Gasteiger partial charge in [0, 0.05) is 6.42 Å². The summed E-state index contributed by atoms with van der Waals surface area (Å²) in [7, 11) is 0. The van der Waals surface area contributed by atoms with Crippen LogP contribution < -0.4 is 0 Å². The van der Waals surface area contributed by atoms with Gasteiger partial charge in [-0.2, -0.15) is 13.2 Å². The van der Waals surface area contributed by atoms with Gasteiger partial charge in [-0.05, 0) is 23.3 Å². The van der Waals surface area contributed by atoms with E-state index in [9.17, 15) is 22.0 Å². The molecule has 1 aromatic carbocycles. The first-order valence-electron chi connectivity index (χ1n) is 5.01. The number of hydrogen-bond acceptors (Lipinski definition) is 1. The standard InChI is InChI=1S/C12H11F5O/c1-8(9-2-4-10(18)5-3-9)6-11(13,14)7-12(15,16)17/h2-5,18H,1,6-7H2. The van der Waals surface area contributed by atoms with Crippen LogP contribution in [-0.4, -0.2) is 17.2 Å². The predicted octanol–water partition coefficient (Wildman–Crippen LogP) is 4.38. The van der Waals surface area contributed by atoms with E-state index in [1.807, 2.05) is 0 Å². The van der Waals surface area contributed by atoms with Crippen LogP contribution >= 0.6 is 0 Å². The van der Waals surface area contributed by atoms with Gasteiger partial charge in [0.2, 0.25) is 0 Å². The molecule has 0 saturated carbocycles. The minimum Gasteiger partial charge on any atom is -0.508 e. The topological polar surface area (TPSA) is 20.2 Å². The Labute approximate surface area is 101 Å². The Morgan fingerprint density at radius 3 is 2.00 bits per heavy atom. The maximum absolute atomic E-state index is 13.1. The molecule has 18 heavy (non-hydrogen) atoms. The van der Waals surface area contributed by atoms with Gasteiger partial charge < -0.3 is 5.11 Å². The third-order valence-electron chi connectivity index (χ3n) is 2.21. The summed E-state index contributed by atoms with van der Waals surface area (Å²) < 4.78 is 62.0. The second-order valence-corrected chi connectivity index (χ2v) is 3.98. The summed E-state index contributed by atoms with van der Waals surface area (Å²) in [6.45, 7) is 3.34. The minimum absolute atomic E-state index is 0.0615. The van der Waals surface area contributed by atoms with Crippen molar-refractivity contribution in [2.24, 2.45) is 0 Å². The number of phenolic OH excluding ortho intramolecular Hbond substituents is 1. The molecule has 100 valence electrons. The fourth-order valence-electron chi connectivity index (χ4n) is 1.47. The van der Waals surface area contributed by atoms with E-state index in [0.717, 1.165) is 0 Å². The zero-order valence-corrected chi connectivity index (χ0v) is 9.27. The molecule has 0 radical (unpaired) electrons. The van der Waals surface area contributed by atoms with Crippen molar-refractivity contribution in [3.8, 4) is 5.75 Å². The Balaban J connectivity index is 2.72. The lowest BCUT2D eigenvalue weighted by molar-refractivity contribution is -0.185. The number of allylic oxidation sites excluding steroid dienone is 1. The molecular weight excluding hydrogens is 255 g/mol. The molecule has 0 heterocycles. The molecule has 0 spiro atoms. The molecule has 0 aliphatic heterocycles. The van der Waals surface area contributed by atoms with Crippen molar-refractivity contribution in [3.63, 3.8) is 0 Å². The quantitative estimate of drug-likeness (QED) is 0.801. The smallest absolute Gasteiger partial charge is 0.394 e. The number of benzene rings is 1. The first-order valence-corrected chi connectivity index (χ1v) is 5.01. The van der Waals surface area contributed by atoms with Crippen LogP contribution in [0.25, 0.3) is 5.57 Å². The van der Waals surface area contributed by atoms with Crippen LogP contribution in [0.2, 0.25) is 0 Å². The number of halogens is 5. The second kappa shape index (κ2) is 4.96. The second-order valence-electron chi connectivity index (χ2n) is 3.98. The van der Waals surface area contributed by atoms with Crippen LogP contribution in [0.5, 0.6) is 5.75 Å². The average Bonchev–Trinajstić information content (AvgIpc) is 2.13. The predicted molar refractivity (Wildman–Crippen MR) is 57.4 cm³/mol. The number of rotatable bonds is 4. The molecule has 0 unspecified atom stereocenters. The highest BCUT2D eigenvalue weighted by molar-refractivity contribution is 5.64. The first kappa shape index (κ1) is 14.5. The Hall–Kier alpha value is -1.59. The molecule has 1 rings (SSSR count). The van der Waals surface area contributed by atoms with E-state index < -0.39 is 24.9 Å². The third-order valence-corrected chi connectivity index (χ3v) is 2.21. The van der Waals surface area contributed by atoms with Crippen LogP contribution in [0.15, 0.2) is 30.8 Å². The SMILES string of the molecule is C=C(CC(F)(F)CC(F)(F)F)c1ccc(O)cc1. The van der Waals surface area contributed by atoms with Gasteiger partial charge in [0.05, 0.1) is 0 Å². The Morgan fingerprint density at radius 2 is 1.56 bits per heavy atom. The van der Waals surface area contributed by atoms with Gasteiger partial charge in [-0.15, -0.1) is 0 Å². The first-order chi connectivity index (χ1) is 8.09. The molecule has 0 bridgehead atoms. The van der Waals surface area contributed by atoms with E-state index in [-0.39, 0.29) is 16.9 Å². The fraction of sp³-hybridized carbons (Fsp3) is 0.333. The van der Waals surface area contributed by atoms with Gasteiger partial charge in [-0.3, -0.25) is 0 Å². The minimum atomic E-state index is -4.92. The lowest BCUT2D eigenvalue weighted by atomic mass is 9.99. The highest BCUT2D eigenvalue weighted by atomic mass is 19.4. The molecule has 6 heteroatoms. The molecule has 0 aliphatic carbocycles. The summed E-state index contributed by atoms with van der Waals surface area (Å²) in [6.07, 6.45) is -8.16. The van der Waals surface area contributed by atoms with E-state index in [4.69, 9.17) is 5.11 Å². The Kier molecular flexibility index (Phi) is 3.98. The maximum atomic E-state index is 13.1. The molecule has 0 aromatic heterocycles. The molecule has 1 N–H and O–H groups in total. The number of alkyl halides is 5. The summed E-state index contributed by atoms with van der Waals surface area (Å²) in [5.74, 6) is -3.94. The van der Waals surface area contributed by atoms with Crippen LogP contribution in [0.1, 0.15) is 18.4 Å². The van der Waals surface area contributed by atoms with Crippen molar-refractivity contribution in [3.05, 3.63) is 36.4 Å². The monoisotopic (exact) mass is 266 g/mol. The molecule has 1 aromatic rings. The molecule has 0 atom stereocenters. The van der Waals surface area contributed by atoms with Gasteiger partial charge in [0.15, 0.2) is 0 Å². The van der Waals surface area contributed by atoms with Crippen molar-refractivity contribution in [1.29, 1.82) is 0 Å². The summed E-state index contributed by atoms with van der Waals surface area (Å²) in [5, 5.41) is 9.00.